The highest BCUT2D eigenvalue weighted by Crippen LogP contribution is 2.54. The summed E-state index contributed by atoms with van der Waals surface area (Å²) in [5, 5.41) is 0. The molecule has 2 unspecified atom stereocenters. The molecule has 0 aliphatic heterocycles. The Kier molecular flexibility index (Phi) is 16.2. The molecule has 2 aliphatic rings. The SMILES string of the molecule is O=C=NCCCCCCCCCCC1CC2CC(CCCCCCCCCCN=C=O)C1C2. The van der Waals surface area contributed by atoms with Crippen molar-refractivity contribution in [1.82, 2.24) is 0 Å². The van der Waals surface area contributed by atoms with Gasteiger partial charge in [0, 0.05) is 0 Å². The molecule has 0 spiro atoms. The van der Waals surface area contributed by atoms with E-state index in [1.165, 1.54) is 103 Å². The van der Waals surface area contributed by atoms with Gasteiger partial charge in [0.05, 0.1) is 13.1 Å². The van der Waals surface area contributed by atoms with Crippen molar-refractivity contribution in [2.45, 2.75) is 135 Å². The van der Waals surface area contributed by atoms with Crippen LogP contribution in [0.1, 0.15) is 135 Å². The van der Waals surface area contributed by atoms with E-state index in [1.54, 1.807) is 31.4 Å². The van der Waals surface area contributed by atoms with E-state index < -0.39 is 0 Å². The summed E-state index contributed by atoms with van der Waals surface area (Å²) in [6, 6.07) is 0. The molecule has 4 heteroatoms. The lowest BCUT2D eigenvalue weighted by Crippen LogP contribution is -2.20. The van der Waals surface area contributed by atoms with Crippen molar-refractivity contribution in [2.75, 3.05) is 13.1 Å². The molecule has 0 saturated heterocycles. The third-order valence-electron chi connectivity index (χ3n) is 8.41. The van der Waals surface area contributed by atoms with E-state index in [9.17, 15) is 9.59 Å². The smallest absolute Gasteiger partial charge is 0.211 e. The largest absolute Gasteiger partial charge is 0.234 e. The molecule has 0 aromatic carbocycles. The summed E-state index contributed by atoms with van der Waals surface area (Å²) in [4.78, 5) is 27.3. The van der Waals surface area contributed by atoms with Gasteiger partial charge in [-0.1, -0.05) is 103 Å². The molecule has 0 aromatic rings. The van der Waals surface area contributed by atoms with Crippen LogP contribution in [-0.4, -0.2) is 25.2 Å². The maximum Gasteiger partial charge on any atom is 0.234 e. The van der Waals surface area contributed by atoms with Gasteiger partial charge in [-0.25, -0.2) is 19.6 Å². The van der Waals surface area contributed by atoms with Gasteiger partial charge in [-0.3, -0.25) is 0 Å². The molecule has 0 aromatic heterocycles. The summed E-state index contributed by atoms with van der Waals surface area (Å²) >= 11 is 0. The second kappa shape index (κ2) is 19.1. The van der Waals surface area contributed by atoms with Crippen LogP contribution in [0.2, 0.25) is 0 Å². The van der Waals surface area contributed by atoms with E-state index in [4.69, 9.17) is 0 Å². The van der Waals surface area contributed by atoms with E-state index in [-0.39, 0.29) is 0 Å². The van der Waals surface area contributed by atoms with Crippen LogP contribution < -0.4 is 0 Å². The predicted molar refractivity (Wildman–Crippen MR) is 137 cm³/mol. The molecular formula is C29H50N2O2. The summed E-state index contributed by atoms with van der Waals surface area (Å²) in [5.41, 5.74) is 0. The van der Waals surface area contributed by atoms with Crippen LogP contribution in [0.5, 0.6) is 0 Å². The standard InChI is InChI=1S/C29H50N2O2/c32-24-30-19-15-11-7-3-1-5-9-13-17-27-21-26-22-28(29(27)23-26)18-14-10-6-2-4-8-12-16-20-31-25-33/h26-29H,1-23H2. The quantitative estimate of drug-likeness (QED) is 0.0929. The van der Waals surface area contributed by atoms with Gasteiger partial charge in [-0.15, -0.1) is 0 Å². The normalized spacial score (nSPS) is 23.4. The second-order valence-electron chi connectivity index (χ2n) is 10.9. The number of nitrogens with zero attached hydrogens (tertiary/aromatic N) is 2. The van der Waals surface area contributed by atoms with Gasteiger partial charge in [0.15, 0.2) is 0 Å². The third-order valence-corrected chi connectivity index (χ3v) is 8.41. The first-order valence-corrected chi connectivity index (χ1v) is 14.4. The van der Waals surface area contributed by atoms with E-state index in [0.29, 0.717) is 13.1 Å². The summed E-state index contributed by atoms with van der Waals surface area (Å²) < 4.78 is 0. The van der Waals surface area contributed by atoms with Crippen LogP contribution >= 0.6 is 0 Å². The first-order chi connectivity index (χ1) is 16.3. The van der Waals surface area contributed by atoms with Gasteiger partial charge in [0.25, 0.3) is 0 Å². The lowest BCUT2D eigenvalue weighted by molar-refractivity contribution is 0.208. The van der Waals surface area contributed by atoms with Crippen LogP contribution in [0.15, 0.2) is 9.98 Å². The second-order valence-corrected chi connectivity index (χ2v) is 10.9. The number of rotatable bonds is 22. The van der Waals surface area contributed by atoms with Crippen molar-refractivity contribution in [3.63, 3.8) is 0 Å². The zero-order valence-corrected chi connectivity index (χ0v) is 21.3. The molecule has 2 fully saturated rings. The molecule has 0 heterocycles. The first-order valence-electron chi connectivity index (χ1n) is 14.4. The van der Waals surface area contributed by atoms with Crippen molar-refractivity contribution in [3.8, 4) is 0 Å². The van der Waals surface area contributed by atoms with Gasteiger partial charge >= 0.3 is 0 Å². The number of fused-ring (bicyclic) bond motifs is 2. The molecule has 2 atom stereocenters. The average molecular weight is 459 g/mol. The Balaban J connectivity index is 1.40. The fraction of sp³-hybridized carbons (Fsp3) is 0.931. The van der Waals surface area contributed by atoms with Gasteiger partial charge < -0.3 is 0 Å². The fourth-order valence-electron chi connectivity index (χ4n) is 6.72. The minimum absolute atomic E-state index is 0.662. The topological polar surface area (TPSA) is 58.9 Å². The number of isocyanates is 2. The first kappa shape index (κ1) is 28.0. The lowest BCUT2D eigenvalue weighted by Gasteiger charge is -2.29. The monoisotopic (exact) mass is 458 g/mol. The van der Waals surface area contributed by atoms with Crippen LogP contribution in [0.4, 0.5) is 0 Å². The van der Waals surface area contributed by atoms with Crippen LogP contribution in [0.25, 0.3) is 0 Å². The van der Waals surface area contributed by atoms with E-state index in [0.717, 1.165) is 36.5 Å². The lowest BCUT2D eigenvalue weighted by atomic mass is 9.76. The fourth-order valence-corrected chi connectivity index (χ4v) is 6.72. The zero-order valence-electron chi connectivity index (χ0n) is 21.3. The Morgan fingerprint density at radius 1 is 0.485 bits per heavy atom. The number of hydrogen-bond donors (Lipinski definition) is 0. The highest BCUT2D eigenvalue weighted by molar-refractivity contribution is 5.32. The van der Waals surface area contributed by atoms with Crippen LogP contribution in [0.3, 0.4) is 0 Å². The number of aliphatic imine (C=N–C) groups is 2. The van der Waals surface area contributed by atoms with E-state index in [2.05, 4.69) is 9.98 Å². The maximum absolute atomic E-state index is 10.0. The summed E-state index contributed by atoms with van der Waals surface area (Å²) in [5.74, 6) is 4.24. The van der Waals surface area contributed by atoms with E-state index >= 15 is 0 Å². The molecule has 2 rings (SSSR count). The minimum Gasteiger partial charge on any atom is -0.211 e. The Labute approximate surface area is 203 Å². The Hall–Kier alpha value is -1.24. The molecular weight excluding hydrogens is 408 g/mol. The summed E-state index contributed by atoms with van der Waals surface area (Å²) in [7, 11) is 0. The number of carbonyl (C=O) groups excluding carboxylic acids is 2. The number of hydrogen-bond acceptors (Lipinski definition) is 4. The molecule has 33 heavy (non-hydrogen) atoms. The van der Waals surface area contributed by atoms with Crippen molar-refractivity contribution in [2.24, 2.45) is 33.7 Å². The Morgan fingerprint density at radius 3 is 1.21 bits per heavy atom. The number of unbranched alkanes of at least 4 members (excludes halogenated alkanes) is 14. The summed E-state index contributed by atoms with van der Waals surface area (Å²) in [6.07, 6.45) is 32.0. The molecule has 188 valence electrons. The molecule has 0 amide bonds. The van der Waals surface area contributed by atoms with Gasteiger partial charge in [0.1, 0.15) is 0 Å². The molecule has 0 N–H and O–H groups in total. The summed E-state index contributed by atoms with van der Waals surface area (Å²) in [6.45, 7) is 1.32. The third kappa shape index (κ3) is 12.7. The van der Waals surface area contributed by atoms with E-state index in [1.807, 2.05) is 0 Å². The predicted octanol–water partition coefficient (Wildman–Crippen LogP) is 8.34. The molecule has 2 bridgehead atoms. The molecule has 0 radical (unpaired) electrons. The minimum atomic E-state index is 0.662. The van der Waals surface area contributed by atoms with Crippen LogP contribution in [-0.2, 0) is 9.59 Å². The molecule has 2 saturated carbocycles. The van der Waals surface area contributed by atoms with Crippen molar-refractivity contribution >= 4 is 12.2 Å². The highest BCUT2D eigenvalue weighted by atomic mass is 16.1. The van der Waals surface area contributed by atoms with Gasteiger partial charge in [-0.2, -0.15) is 0 Å². The van der Waals surface area contributed by atoms with Crippen molar-refractivity contribution < 1.29 is 9.59 Å². The maximum atomic E-state index is 10.0. The zero-order chi connectivity index (χ0) is 23.4. The van der Waals surface area contributed by atoms with Gasteiger partial charge in [0.2, 0.25) is 12.2 Å². The van der Waals surface area contributed by atoms with Gasteiger partial charge in [-0.05, 0) is 55.8 Å². The van der Waals surface area contributed by atoms with Crippen molar-refractivity contribution in [3.05, 3.63) is 0 Å². The van der Waals surface area contributed by atoms with Crippen molar-refractivity contribution in [1.29, 1.82) is 0 Å². The van der Waals surface area contributed by atoms with Crippen LogP contribution in [0, 0.1) is 23.7 Å². The Morgan fingerprint density at radius 2 is 0.848 bits per heavy atom. The Bertz CT molecular complexity index is 532. The molecule has 4 nitrogen and oxygen atoms in total. The highest BCUT2D eigenvalue weighted by Gasteiger charge is 2.44. The average Bonchev–Trinajstić information content (AvgIpc) is 3.41. The molecule has 2 aliphatic carbocycles.